The highest BCUT2D eigenvalue weighted by Crippen LogP contribution is 2.19. The van der Waals surface area contributed by atoms with Crippen molar-refractivity contribution in [1.29, 1.82) is 0 Å². The number of benzene rings is 1. The first kappa shape index (κ1) is 18.3. The average molecular weight is 354 g/mol. The molecule has 1 aromatic carbocycles. The minimum atomic E-state index is -0.555. The molecular weight excluding hydrogens is 333 g/mol. The Hall–Kier alpha value is -2.08. The second-order valence-corrected chi connectivity index (χ2v) is 6.08. The molecule has 0 aliphatic heterocycles. The number of urea groups is 1. The molecule has 0 heterocycles. The van der Waals surface area contributed by atoms with Crippen LogP contribution in [0, 0.1) is 5.82 Å². The summed E-state index contributed by atoms with van der Waals surface area (Å²) in [5, 5.41) is 7.74. The Morgan fingerprint density at radius 3 is 2.79 bits per heavy atom. The number of nitrogens with one attached hydrogen (secondary N) is 3. The summed E-state index contributed by atoms with van der Waals surface area (Å²) < 4.78 is 13.5. The summed E-state index contributed by atoms with van der Waals surface area (Å²) in [5.74, 6) is -1.10. The lowest BCUT2D eigenvalue weighted by atomic mass is 9.97. The van der Waals surface area contributed by atoms with Gasteiger partial charge in [0.15, 0.2) is 0 Å². The van der Waals surface area contributed by atoms with Crippen molar-refractivity contribution in [3.63, 3.8) is 0 Å². The molecule has 0 spiro atoms. The number of anilines is 1. The standard InChI is InChI=1S/C17H21ClFN3O2/c18-13-6-7-15(14(19)10-13)21-11-16(23)22-17(24)20-9-8-12-4-2-1-3-5-12/h4,6-7,10,21H,1-3,5,8-9,11H2,(H2,20,22,23,24). The highest BCUT2D eigenvalue weighted by atomic mass is 35.5. The minimum Gasteiger partial charge on any atom is -0.374 e. The summed E-state index contributed by atoms with van der Waals surface area (Å²) >= 11 is 5.65. The Morgan fingerprint density at radius 1 is 1.25 bits per heavy atom. The Labute approximate surface area is 145 Å². The van der Waals surface area contributed by atoms with E-state index in [2.05, 4.69) is 22.0 Å². The van der Waals surface area contributed by atoms with E-state index in [1.165, 1.54) is 30.5 Å². The molecule has 0 radical (unpaired) electrons. The number of hydrogen-bond acceptors (Lipinski definition) is 3. The van der Waals surface area contributed by atoms with Crippen molar-refractivity contribution in [3.8, 4) is 0 Å². The van der Waals surface area contributed by atoms with Crippen LogP contribution in [-0.4, -0.2) is 25.0 Å². The topological polar surface area (TPSA) is 70.2 Å². The predicted molar refractivity (Wildman–Crippen MR) is 92.6 cm³/mol. The third kappa shape index (κ3) is 6.20. The first-order valence-corrected chi connectivity index (χ1v) is 8.37. The van der Waals surface area contributed by atoms with Crippen molar-refractivity contribution < 1.29 is 14.0 Å². The highest BCUT2D eigenvalue weighted by Gasteiger charge is 2.09. The maximum atomic E-state index is 13.5. The van der Waals surface area contributed by atoms with E-state index >= 15 is 0 Å². The minimum absolute atomic E-state index is 0.152. The molecule has 3 amide bonds. The molecule has 3 N–H and O–H groups in total. The molecule has 24 heavy (non-hydrogen) atoms. The number of rotatable bonds is 6. The Morgan fingerprint density at radius 2 is 2.08 bits per heavy atom. The maximum Gasteiger partial charge on any atom is 0.321 e. The molecule has 0 unspecified atom stereocenters. The zero-order chi connectivity index (χ0) is 17.4. The molecule has 0 fully saturated rings. The van der Waals surface area contributed by atoms with E-state index in [1.54, 1.807) is 0 Å². The van der Waals surface area contributed by atoms with Gasteiger partial charge in [-0.15, -0.1) is 0 Å². The molecule has 0 saturated carbocycles. The van der Waals surface area contributed by atoms with Crippen LogP contribution in [0.25, 0.3) is 0 Å². The number of halogens is 2. The second kappa shape index (κ2) is 9.27. The van der Waals surface area contributed by atoms with E-state index in [1.807, 2.05) is 0 Å². The van der Waals surface area contributed by atoms with Gasteiger partial charge >= 0.3 is 6.03 Å². The molecule has 0 atom stereocenters. The molecule has 1 aromatic rings. The van der Waals surface area contributed by atoms with Gasteiger partial charge in [-0.1, -0.05) is 23.3 Å². The Kier molecular flexibility index (Phi) is 7.06. The predicted octanol–water partition coefficient (Wildman–Crippen LogP) is 3.61. The van der Waals surface area contributed by atoms with Gasteiger partial charge in [-0.2, -0.15) is 0 Å². The summed E-state index contributed by atoms with van der Waals surface area (Å²) in [4.78, 5) is 23.3. The number of hydrogen-bond donors (Lipinski definition) is 3. The fraction of sp³-hybridized carbons (Fsp3) is 0.412. The van der Waals surface area contributed by atoms with Crippen LogP contribution in [0.15, 0.2) is 29.8 Å². The van der Waals surface area contributed by atoms with E-state index in [0.717, 1.165) is 25.3 Å². The lowest BCUT2D eigenvalue weighted by molar-refractivity contribution is -0.118. The van der Waals surface area contributed by atoms with Crippen molar-refractivity contribution in [2.24, 2.45) is 0 Å². The largest absolute Gasteiger partial charge is 0.374 e. The van der Waals surface area contributed by atoms with Crippen LogP contribution in [-0.2, 0) is 4.79 Å². The lowest BCUT2D eigenvalue weighted by Gasteiger charge is -2.13. The molecule has 0 bridgehead atoms. The summed E-state index contributed by atoms with van der Waals surface area (Å²) in [7, 11) is 0. The van der Waals surface area contributed by atoms with Crippen LogP contribution in [0.3, 0.4) is 0 Å². The van der Waals surface area contributed by atoms with Crippen molar-refractivity contribution in [2.75, 3.05) is 18.4 Å². The fourth-order valence-corrected chi connectivity index (χ4v) is 2.65. The quantitative estimate of drug-likeness (QED) is 0.684. The van der Waals surface area contributed by atoms with E-state index in [0.29, 0.717) is 6.54 Å². The summed E-state index contributed by atoms with van der Waals surface area (Å²) in [6, 6.07) is 3.55. The van der Waals surface area contributed by atoms with Crippen LogP contribution in [0.5, 0.6) is 0 Å². The molecule has 2 rings (SSSR count). The summed E-state index contributed by atoms with van der Waals surface area (Å²) in [5.41, 5.74) is 1.51. The molecule has 7 heteroatoms. The van der Waals surface area contributed by atoms with Crippen LogP contribution < -0.4 is 16.0 Å². The normalized spacial score (nSPS) is 13.8. The van der Waals surface area contributed by atoms with Crippen LogP contribution in [0.1, 0.15) is 32.1 Å². The van der Waals surface area contributed by atoms with Crippen LogP contribution in [0.4, 0.5) is 14.9 Å². The van der Waals surface area contributed by atoms with Gasteiger partial charge in [-0.25, -0.2) is 9.18 Å². The first-order chi connectivity index (χ1) is 11.5. The summed E-state index contributed by atoms with van der Waals surface area (Å²) in [6.45, 7) is 0.279. The van der Waals surface area contributed by atoms with Gasteiger partial charge in [0.2, 0.25) is 5.91 Å². The van der Waals surface area contributed by atoms with Crippen molar-refractivity contribution in [1.82, 2.24) is 10.6 Å². The SMILES string of the molecule is O=C(CNc1ccc(Cl)cc1F)NC(=O)NCCC1=CCCCC1. The van der Waals surface area contributed by atoms with Crippen molar-refractivity contribution in [2.45, 2.75) is 32.1 Å². The van der Waals surface area contributed by atoms with Crippen LogP contribution in [0.2, 0.25) is 5.02 Å². The molecular formula is C17H21ClFN3O2. The number of carbonyl (C=O) groups excluding carboxylic acids is 2. The third-order valence-corrected chi connectivity index (χ3v) is 3.98. The average Bonchev–Trinajstić information content (AvgIpc) is 2.55. The van der Waals surface area contributed by atoms with Gasteiger partial charge in [0.1, 0.15) is 5.82 Å². The van der Waals surface area contributed by atoms with Gasteiger partial charge in [0, 0.05) is 11.6 Å². The Bertz CT molecular complexity index is 634. The van der Waals surface area contributed by atoms with Gasteiger partial charge in [0.25, 0.3) is 0 Å². The monoisotopic (exact) mass is 353 g/mol. The fourth-order valence-electron chi connectivity index (χ4n) is 2.49. The number of imide groups is 1. The number of amides is 3. The van der Waals surface area contributed by atoms with E-state index in [-0.39, 0.29) is 17.3 Å². The van der Waals surface area contributed by atoms with Crippen molar-refractivity contribution in [3.05, 3.63) is 40.7 Å². The van der Waals surface area contributed by atoms with Gasteiger partial charge < -0.3 is 10.6 Å². The summed E-state index contributed by atoms with van der Waals surface area (Å²) in [6.07, 6.45) is 7.64. The maximum absolute atomic E-state index is 13.5. The lowest BCUT2D eigenvalue weighted by Crippen LogP contribution is -2.42. The molecule has 5 nitrogen and oxygen atoms in total. The van der Waals surface area contributed by atoms with Gasteiger partial charge in [-0.05, 0) is 50.3 Å². The molecule has 1 aliphatic carbocycles. The number of allylic oxidation sites excluding steroid dienone is 1. The highest BCUT2D eigenvalue weighted by molar-refractivity contribution is 6.30. The van der Waals surface area contributed by atoms with Gasteiger partial charge in [0.05, 0.1) is 12.2 Å². The first-order valence-electron chi connectivity index (χ1n) is 7.99. The van der Waals surface area contributed by atoms with Crippen LogP contribution >= 0.6 is 11.6 Å². The molecule has 0 aromatic heterocycles. The third-order valence-electron chi connectivity index (χ3n) is 3.74. The molecule has 0 saturated heterocycles. The smallest absolute Gasteiger partial charge is 0.321 e. The van der Waals surface area contributed by atoms with Gasteiger partial charge in [-0.3, -0.25) is 10.1 Å². The zero-order valence-corrected chi connectivity index (χ0v) is 14.1. The number of carbonyl (C=O) groups is 2. The Balaban J connectivity index is 1.66. The zero-order valence-electron chi connectivity index (χ0n) is 13.3. The van der Waals surface area contributed by atoms with E-state index in [9.17, 15) is 14.0 Å². The van der Waals surface area contributed by atoms with E-state index in [4.69, 9.17) is 11.6 Å². The molecule has 130 valence electrons. The second-order valence-electron chi connectivity index (χ2n) is 5.64. The van der Waals surface area contributed by atoms with Crippen molar-refractivity contribution >= 4 is 29.2 Å². The molecule has 1 aliphatic rings. The van der Waals surface area contributed by atoms with E-state index < -0.39 is 17.8 Å².